The van der Waals surface area contributed by atoms with Crippen molar-refractivity contribution < 1.29 is 13.6 Å². The molecule has 0 fully saturated rings. The van der Waals surface area contributed by atoms with E-state index in [-0.39, 0.29) is 6.71 Å². The highest BCUT2D eigenvalue weighted by atomic mass is 16.5. The Morgan fingerprint density at radius 1 is 0.354 bits per heavy atom. The lowest BCUT2D eigenvalue weighted by Crippen LogP contribution is -2.58. The summed E-state index contributed by atoms with van der Waals surface area (Å²) in [5.74, 6) is 1.73. The molecule has 7 heterocycles. The topological polar surface area (TPSA) is 50.3 Å². The van der Waals surface area contributed by atoms with E-state index in [1.807, 2.05) is 0 Å². The van der Waals surface area contributed by atoms with Crippen LogP contribution in [0.4, 0.5) is 0 Å². The van der Waals surface area contributed by atoms with E-state index in [0.29, 0.717) is 0 Å². The molecule has 0 unspecified atom stereocenters. The average Bonchev–Trinajstić information content (AvgIpc) is 1.56. The fourth-order valence-electron chi connectivity index (χ4n) is 15.1. The van der Waals surface area contributed by atoms with Gasteiger partial charge in [0, 0.05) is 60.2 Å². The zero-order valence-electron chi connectivity index (χ0n) is 45.0. The first kappa shape index (κ1) is 44.4. The second-order valence-corrected chi connectivity index (χ2v) is 22.9. The van der Waals surface area contributed by atoms with Crippen LogP contribution in [0.25, 0.3) is 149 Å². The number of fused-ring (bicyclic) bond motifs is 21. The average molecular weight is 1050 g/mol. The Morgan fingerprint density at radius 3 is 1.51 bits per heavy atom. The van der Waals surface area contributed by atoms with E-state index in [0.717, 1.165) is 122 Å². The Bertz CT molecular complexity index is 5600. The molecule has 0 atom stereocenters. The van der Waals surface area contributed by atoms with Crippen molar-refractivity contribution in [2.75, 3.05) is 0 Å². The minimum Gasteiger partial charge on any atom is -0.458 e. The number of hydrogen-bond acceptors (Lipinski definition) is 3. The van der Waals surface area contributed by atoms with Crippen molar-refractivity contribution in [1.29, 1.82) is 0 Å². The van der Waals surface area contributed by atoms with Crippen molar-refractivity contribution in [3.05, 3.63) is 241 Å². The number of nitrogens with zero attached hydrogens (tertiary/aromatic N) is 3. The number of furan rings is 2. The number of para-hydroxylation sites is 4. The molecular formula is C75H46BN3O3. The van der Waals surface area contributed by atoms with E-state index in [2.05, 4.69) is 259 Å². The number of ether oxygens (including phenoxy) is 1. The highest BCUT2D eigenvalue weighted by Crippen LogP contribution is 2.49. The van der Waals surface area contributed by atoms with Gasteiger partial charge in [-0.3, -0.25) is 0 Å². The number of rotatable bonds is 4. The van der Waals surface area contributed by atoms with Crippen molar-refractivity contribution in [2.24, 2.45) is 0 Å². The van der Waals surface area contributed by atoms with Gasteiger partial charge in [0.2, 0.25) is 0 Å². The van der Waals surface area contributed by atoms with Gasteiger partial charge >= 0.3 is 0 Å². The molecule has 0 aliphatic carbocycles. The fourth-order valence-corrected chi connectivity index (χ4v) is 15.1. The molecule has 0 amide bonds. The summed E-state index contributed by atoms with van der Waals surface area (Å²) < 4.78 is 29.4. The summed E-state index contributed by atoms with van der Waals surface area (Å²) in [6, 6.07) is 82.1. The summed E-state index contributed by atoms with van der Waals surface area (Å²) in [6.45, 7) is 6.48. The molecule has 0 N–H and O–H groups in total. The van der Waals surface area contributed by atoms with Gasteiger partial charge in [0.05, 0.1) is 43.9 Å². The van der Waals surface area contributed by atoms with Gasteiger partial charge in [-0.2, -0.15) is 0 Å². The molecule has 5 aromatic heterocycles. The molecule has 0 spiro atoms. The summed E-state index contributed by atoms with van der Waals surface area (Å²) >= 11 is 0. The standard InChI is InChI=1S/C75H46BN3O3/c1-41-33-42(2)69(43(3)34-41)46-35-64-72-68(37-46)80-67-36-45(44-15-5-4-6-16-44)25-29-57(67)76(72)58-40-56-55-39-48(78-61-23-13-9-19-51(61)52-20-10-14-24-62(52)78)27-32-66(55)82-75(56)71-70-63(79(64)73(58)71)30-28-53-54-38-47(26-31-65(54)81-74(53)70)77-59-21-11-7-17-49(59)50-18-8-12-22-60(50)77/h4-40H,1-3H3. The molecule has 6 nitrogen and oxygen atoms in total. The maximum Gasteiger partial charge on any atom is 0.256 e. The third-order valence-corrected chi connectivity index (χ3v) is 18.3. The van der Waals surface area contributed by atoms with Crippen LogP contribution in [0.1, 0.15) is 16.7 Å². The van der Waals surface area contributed by atoms with Crippen molar-refractivity contribution in [2.45, 2.75) is 20.8 Å². The van der Waals surface area contributed by atoms with Crippen molar-refractivity contribution >= 4 is 132 Å². The van der Waals surface area contributed by atoms with Crippen LogP contribution in [0.2, 0.25) is 0 Å². The minimum atomic E-state index is -0.179. The van der Waals surface area contributed by atoms with Gasteiger partial charge < -0.3 is 27.3 Å². The monoisotopic (exact) mass is 1050 g/mol. The molecule has 0 bridgehead atoms. The van der Waals surface area contributed by atoms with E-state index in [1.54, 1.807) is 0 Å². The highest BCUT2D eigenvalue weighted by molar-refractivity contribution is 6.99. The summed E-state index contributed by atoms with van der Waals surface area (Å²) in [5.41, 5.74) is 25.2. The van der Waals surface area contributed by atoms with E-state index >= 15 is 0 Å². The zero-order chi connectivity index (χ0) is 53.8. The third-order valence-electron chi connectivity index (χ3n) is 18.3. The van der Waals surface area contributed by atoms with Crippen molar-refractivity contribution in [3.8, 4) is 50.8 Å². The Morgan fingerprint density at radius 2 is 0.902 bits per heavy atom. The third kappa shape index (κ3) is 5.78. The van der Waals surface area contributed by atoms with Crippen LogP contribution in [0.5, 0.6) is 11.5 Å². The van der Waals surface area contributed by atoms with E-state index < -0.39 is 0 Å². The molecule has 382 valence electrons. The minimum absolute atomic E-state index is 0.179. The fraction of sp³-hybridized carbons (Fsp3) is 0.0400. The van der Waals surface area contributed by atoms with E-state index in [1.165, 1.54) is 71.3 Å². The number of aromatic nitrogens is 3. The molecule has 17 aromatic rings. The van der Waals surface area contributed by atoms with Gasteiger partial charge in [-0.1, -0.05) is 139 Å². The zero-order valence-corrected chi connectivity index (χ0v) is 45.0. The van der Waals surface area contributed by atoms with Crippen LogP contribution in [0.15, 0.2) is 233 Å². The van der Waals surface area contributed by atoms with Gasteiger partial charge in [-0.25, -0.2) is 0 Å². The molecule has 2 aliphatic rings. The maximum absolute atomic E-state index is 7.40. The first-order chi connectivity index (χ1) is 40.4. The highest BCUT2D eigenvalue weighted by Gasteiger charge is 2.43. The second-order valence-electron chi connectivity index (χ2n) is 22.9. The SMILES string of the molecule is Cc1cc(C)c(-c2cc3c4c(c2)-n2c5ccc6c7cc(-n8c9ccccc9c9ccccc98)ccc7oc6c5c5c6oc7ccc(-n8c9ccccc9c9ccccc98)cc7c6cc(c52)B4c2ccc(-c4ccccc4)cc2O3)c(C)c1. The molecule has 82 heavy (non-hydrogen) atoms. The van der Waals surface area contributed by atoms with Gasteiger partial charge in [0.1, 0.15) is 33.8 Å². The van der Waals surface area contributed by atoms with Gasteiger partial charge in [0.25, 0.3) is 6.71 Å². The lowest BCUT2D eigenvalue weighted by Gasteiger charge is -2.34. The van der Waals surface area contributed by atoms with Crippen molar-refractivity contribution in [1.82, 2.24) is 13.7 Å². The maximum atomic E-state index is 7.40. The molecule has 7 heteroatoms. The summed E-state index contributed by atoms with van der Waals surface area (Å²) in [6.07, 6.45) is 0. The van der Waals surface area contributed by atoms with Crippen LogP contribution >= 0.6 is 0 Å². The molecule has 0 saturated carbocycles. The smallest absolute Gasteiger partial charge is 0.256 e. The van der Waals surface area contributed by atoms with Crippen LogP contribution in [-0.2, 0) is 0 Å². The summed E-state index contributed by atoms with van der Waals surface area (Å²) in [7, 11) is 0. The van der Waals surface area contributed by atoms with Gasteiger partial charge in [-0.05, 0) is 162 Å². The number of aryl methyl sites for hydroxylation is 3. The Labute approximate surface area is 469 Å². The van der Waals surface area contributed by atoms with Crippen LogP contribution in [-0.4, -0.2) is 20.4 Å². The van der Waals surface area contributed by atoms with Gasteiger partial charge in [-0.15, -0.1) is 0 Å². The predicted octanol–water partition coefficient (Wildman–Crippen LogP) is 18.0. The van der Waals surface area contributed by atoms with E-state index in [4.69, 9.17) is 13.6 Å². The first-order valence-electron chi connectivity index (χ1n) is 28.3. The van der Waals surface area contributed by atoms with Crippen molar-refractivity contribution in [3.63, 3.8) is 0 Å². The molecule has 0 saturated heterocycles. The Hall–Kier alpha value is -10.5. The Kier molecular flexibility index (Phi) is 8.59. The lowest BCUT2D eigenvalue weighted by molar-refractivity contribution is 0.487. The molecular weight excluding hydrogens is 1000 g/mol. The first-order valence-corrected chi connectivity index (χ1v) is 28.3. The predicted molar refractivity (Wildman–Crippen MR) is 340 cm³/mol. The normalized spacial score (nSPS) is 12.9. The van der Waals surface area contributed by atoms with Crippen LogP contribution in [0, 0.1) is 20.8 Å². The summed E-state index contributed by atoms with van der Waals surface area (Å²) in [4.78, 5) is 0. The molecule has 19 rings (SSSR count). The quantitative estimate of drug-likeness (QED) is 0.165. The van der Waals surface area contributed by atoms with Crippen LogP contribution < -0.4 is 21.1 Å². The van der Waals surface area contributed by atoms with E-state index in [9.17, 15) is 0 Å². The molecule has 12 aromatic carbocycles. The Balaban J connectivity index is 0.950. The number of benzene rings is 12. The summed E-state index contributed by atoms with van der Waals surface area (Å²) in [5, 5.41) is 11.2. The molecule has 0 radical (unpaired) electrons. The van der Waals surface area contributed by atoms with Crippen LogP contribution in [0.3, 0.4) is 0 Å². The lowest BCUT2D eigenvalue weighted by atomic mass is 9.34. The molecule has 2 aliphatic heterocycles. The second kappa shape index (κ2) is 15.9. The van der Waals surface area contributed by atoms with Gasteiger partial charge in [0.15, 0.2) is 0 Å². The number of hydrogen-bond donors (Lipinski definition) is 0. The largest absolute Gasteiger partial charge is 0.458 e.